The van der Waals surface area contributed by atoms with Gasteiger partial charge >= 0.3 is 0 Å². The number of rotatable bonds is 7. The number of anilines is 1. The molecule has 0 aliphatic carbocycles. The minimum atomic E-state index is -0.120. The molecule has 0 saturated carbocycles. The minimum Gasteiger partial charge on any atom is -0.355 e. The molecule has 0 fully saturated rings. The lowest BCUT2D eigenvalue weighted by atomic mass is 10.1. The van der Waals surface area contributed by atoms with Gasteiger partial charge in [-0.05, 0) is 49.3 Å². The van der Waals surface area contributed by atoms with Gasteiger partial charge in [0, 0.05) is 23.5 Å². The summed E-state index contributed by atoms with van der Waals surface area (Å²) < 4.78 is 1.10. The maximum atomic E-state index is 12.5. The third kappa shape index (κ3) is 5.39. The highest BCUT2D eigenvalue weighted by Gasteiger charge is 2.10. The van der Waals surface area contributed by atoms with E-state index in [0.29, 0.717) is 23.5 Å². The van der Waals surface area contributed by atoms with Crippen LogP contribution in [0.3, 0.4) is 0 Å². The van der Waals surface area contributed by atoms with Gasteiger partial charge in [-0.15, -0.1) is 11.3 Å². The van der Waals surface area contributed by atoms with Crippen LogP contribution >= 0.6 is 11.3 Å². The molecule has 0 aliphatic rings. The third-order valence-electron chi connectivity index (χ3n) is 4.11. The van der Waals surface area contributed by atoms with Gasteiger partial charge in [0.15, 0.2) is 0 Å². The van der Waals surface area contributed by atoms with E-state index in [1.54, 1.807) is 0 Å². The Hall–Kier alpha value is -2.70. The lowest BCUT2D eigenvalue weighted by Gasteiger charge is -2.10. The topological polar surface area (TPSA) is 61.4 Å². The average molecular weight is 382 g/mol. The second-order valence-electron chi connectivity index (χ2n) is 6.63. The molecule has 6 heteroatoms. The monoisotopic (exact) mass is 381 g/mol. The van der Waals surface area contributed by atoms with E-state index in [1.165, 1.54) is 11.3 Å². The van der Waals surface area contributed by atoms with Gasteiger partial charge in [-0.25, -0.2) is 0 Å². The van der Waals surface area contributed by atoms with Crippen molar-refractivity contribution < 1.29 is 9.59 Å². The van der Waals surface area contributed by atoms with Crippen LogP contribution in [-0.4, -0.2) is 43.9 Å². The smallest absolute Gasteiger partial charge is 0.265 e. The first kappa shape index (κ1) is 19.1. The molecule has 0 atom stereocenters. The van der Waals surface area contributed by atoms with Crippen molar-refractivity contribution in [3.8, 4) is 0 Å². The van der Waals surface area contributed by atoms with Crippen molar-refractivity contribution in [2.45, 2.75) is 6.42 Å². The van der Waals surface area contributed by atoms with Gasteiger partial charge in [0.25, 0.3) is 5.91 Å². The van der Waals surface area contributed by atoms with Crippen molar-refractivity contribution in [1.29, 1.82) is 0 Å². The molecular weight excluding hydrogens is 358 g/mol. The lowest BCUT2D eigenvalue weighted by molar-refractivity contribution is -0.120. The molecular formula is C21H23N3O2S. The van der Waals surface area contributed by atoms with Crippen LogP contribution in [0.1, 0.15) is 15.2 Å². The first-order chi connectivity index (χ1) is 13.0. The molecule has 5 nitrogen and oxygen atoms in total. The highest BCUT2D eigenvalue weighted by atomic mass is 32.1. The summed E-state index contributed by atoms with van der Waals surface area (Å²) in [5, 5.41) is 6.88. The summed E-state index contributed by atoms with van der Waals surface area (Å²) in [6, 6.07) is 17.2. The van der Waals surface area contributed by atoms with Crippen LogP contribution < -0.4 is 10.6 Å². The quantitative estimate of drug-likeness (QED) is 0.660. The Morgan fingerprint density at radius 1 is 1.04 bits per heavy atom. The maximum absolute atomic E-state index is 12.5. The largest absolute Gasteiger partial charge is 0.355 e. The minimum absolute atomic E-state index is 0.00101. The Bertz CT molecular complexity index is 899. The van der Waals surface area contributed by atoms with E-state index in [1.807, 2.05) is 73.6 Å². The van der Waals surface area contributed by atoms with E-state index < -0.39 is 0 Å². The number of nitrogens with one attached hydrogen (secondary N) is 2. The summed E-state index contributed by atoms with van der Waals surface area (Å²) in [5.41, 5.74) is 1.63. The summed E-state index contributed by atoms with van der Waals surface area (Å²) in [7, 11) is 3.94. The predicted octanol–water partition coefficient (Wildman–Crippen LogP) is 3.37. The zero-order chi connectivity index (χ0) is 19.2. The normalized spacial score (nSPS) is 10.9. The predicted molar refractivity (Wildman–Crippen MR) is 111 cm³/mol. The fraction of sp³-hybridized carbons (Fsp3) is 0.238. The van der Waals surface area contributed by atoms with Crippen LogP contribution in [0.25, 0.3) is 10.1 Å². The van der Waals surface area contributed by atoms with Gasteiger partial charge in [-0.3, -0.25) is 9.59 Å². The number of hydrogen-bond acceptors (Lipinski definition) is 4. The maximum Gasteiger partial charge on any atom is 0.265 e. The summed E-state index contributed by atoms with van der Waals surface area (Å²) in [5.74, 6) is -0.121. The number of hydrogen-bond donors (Lipinski definition) is 2. The molecule has 2 aromatic carbocycles. The number of amides is 2. The number of likely N-dealkylation sites (N-methyl/N-ethyl adjacent to an activating group) is 1. The molecule has 3 rings (SSSR count). The van der Waals surface area contributed by atoms with Gasteiger partial charge in [-0.2, -0.15) is 0 Å². The fourth-order valence-electron chi connectivity index (χ4n) is 2.66. The number of carbonyl (C=O) groups excluding carboxylic acids is 2. The van der Waals surface area contributed by atoms with Gasteiger partial charge in [0.2, 0.25) is 5.91 Å². The molecule has 140 valence electrons. The van der Waals surface area contributed by atoms with Gasteiger partial charge in [0.05, 0.1) is 11.3 Å². The molecule has 3 aromatic rings. The highest BCUT2D eigenvalue weighted by molar-refractivity contribution is 7.20. The Labute approximate surface area is 163 Å². The number of thiophene rings is 1. The van der Waals surface area contributed by atoms with Crippen LogP contribution in [0.15, 0.2) is 54.6 Å². The van der Waals surface area contributed by atoms with E-state index >= 15 is 0 Å². The first-order valence-corrected chi connectivity index (χ1v) is 9.63. The van der Waals surface area contributed by atoms with Crippen LogP contribution in [0.5, 0.6) is 0 Å². The van der Waals surface area contributed by atoms with E-state index in [2.05, 4.69) is 10.6 Å². The SMILES string of the molecule is CN(C)CCNC(=O)Cc1ccc(NC(=O)c2cc3ccccc3s2)cc1. The molecule has 1 heterocycles. The highest BCUT2D eigenvalue weighted by Crippen LogP contribution is 2.26. The Kier molecular flexibility index (Phi) is 6.21. The van der Waals surface area contributed by atoms with Gasteiger partial charge in [0.1, 0.15) is 0 Å². The van der Waals surface area contributed by atoms with Crippen LogP contribution in [0.4, 0.5) is 5.69 Å². The van der Waals surface area contributed by atoms with Crippen LogP contribution in [0.2, 0.25) is 0 Å². The first-order valence-electron chi connectivity index (χ1n) is 8.81. The van der Waals surface area contributed by atoms with Gasteiger partial charge < -0.3 is 15.5 Å². The summed E-state index contributed by atoms with van der Waals surface area (Å²) >= 11 is 1.48. The van der Waals surface area contributed by atoms with Crippen LogP contribution in [-0.2, 0) is 11.2 Å². The molecule has 1 aromatic heterocycles. The molecule has 2 N–H and O–H groups in total. The standard InChI is InChI=1S/C21H23N3O2S/c1-24(2)12-11-22-20(25)13-15-7-9-17(10-8-15)23-21(26)19-14-16-5-3-4-6-18(16)27-19/h3-10,14H,11-13H2,1-2H3,(H,22,25)(H,23,26). The molecule has 2 amide bonds. The molecule has 0 unspecified atom stereocenters. The van der Waals surface area contributed by atoms with E-state index in [-0.39, 0.29) is 11.8 Å². The molecule has 0 aliphatic heterocycles. The van der Waals surface area contributed by atoms with Crippen molar-refractivity contribution in [3.05, 3.63) is 65.0 Å². The zero-order valence-electron chi connectivity index (χ0n) is 15.5. The molecule has 27 heavy (non-hydrogen) atoms. The lowest BCUT2D eigenvalue weighted by Crippen LogP contribution is -2.32. The Balaban J connectivity index is 1.55. The summed E-state index contributed by atoms with van der Waals surface area (Å²) in [6.07, 6.45) is 0.331. The molecule has 0 radical (unpaired) electrons. The number of carbonyl (C=O) groups is 2. The fourth-order valence-corrected chi connectivity index (χ4v) is 3.62. The third-order valence-corrected chi connectivity index (χ3v) is 5.22. The second kappa shape index (κ2) is 8.79. The van der Waals surface area contributed by atoms with Crippen LogP contribution in [0, 0.1) is 0 Å². The Morgan fingerprint density at radius 2 is 1.78 bits per heavy atom. The molecule has 0 bridgehead atoms. The van der Waals surface area contributed by atoms with Gasteiger partial charge in [-0.1, -0.05) is 30.3 Å². The van der Waals surface area contributed by atoms with Crippen molar-refractivity contribution in [1.82, 2.24) is 10.2 Å². The average Bonchev–Trinajstić information content (AvgIpc) is 3.07. The number of benzene rings is 2. The number of fused-ring (bicyclic) bond motifs is 1. The van der Waals surface area contributed by atoms with Crippen molar-refractivity contribution in [2.24, 2.45) is 0 Å². The van der Waals surface area contributed by atoms with Crippen molar-refractivity contribution in [3.63, 3.8) is 0 Å². The van der Waals surface area contributed by atoms with E-state index in [0.717, 1.165) is 22.2 Å². The summed E-state index contributed by atoms with van der Waals surface area (Å²) in [4.78, 5) is 27.1. The molecule has 0 saturated heterocycles. The van der Waals surface area contributed by atoms with E-state index in [9.17, 15) is 9.59 Å². The summed E-state index contributed by atoms with van der Waals surface area (Å²) in [6.45, 7) is 1.45. The van der Waals surface area contributed by atoms with Crippen molar-refractivity contribution >= 4 is 38.9 Å². The second-order valence-corrected chi connectivity index (χ2v) is 7.71. The van der Waals surface area contributed by atoms with Crippen molar-refractivity contribution in [2.75, 3.05) is 32.5 Å². The van der Waals surface area contributed by atoms with E-state index in [4.69, 9.17) is 0 Å². The Morgan fingerprint density at radius 3 is 2.48 bits per heavy atom. The zero-order valence-corrected chi connectivity index (χ0v) is 16.3. The molecule has 0 spiro atoms. The number of nitrogens with zero attached hydrogens (tertiary/aromatic N) is 1.